The fraction of sp³-hybridized carbons (Fsp3) is 0.0909. The van der Waals surface area contributed by atoms with Crippen molar-refractivity contribution < 1.29 is 13.2 Å². The van der Waals surface area contributed by atoms with Crippen molar-refractivity contribution in [2.75, 3.05) is 7.11 Å². The van der Waals surface area contributed by atoms with E-state index in [1.165, 1.54) is 0 Å². The Morgan fingerprint density at radius 3 is 2.32 bits per heavy atom. The van der Waals surface area contributed by atoms with Crippen LogP contribution in [0.4, 0.5) is 0 Å². The van der Waals surface area contributed by atoms with E-state index in [1.54, 1.807) is 43.6 Å². The van der Waals surface area contributed by atoms with Gasteiger partial charge in [-0.25, -0.2) is 8.42 Å². The summed E-state index contributed by atoms with van der Waals surface area (Å²) in [6, 6.07) is 21.7. The highest BCUT2D eigenvalue weighted by Gasteiger charge is 2.34. The number of para-hydroxylation sites is 2. The van der Waals surface area contributed by atoms with Crippen molar-refractivity contribution in [3.63, 3.8) is 0 Å². The second-order valence-electron chi connectivity index (χ2n) is 6.41. The van der Waals surface area contributed by atoms with Crippen LogP contribution in [0.15, 0.2) is 88.4 Å². The molecule has 1 N–H and O–H groups in total. The fourth-order valence-electron chi connectivity index (χ4n) is 3.46. The Bertz CT molecular complexity index is 1230. The Morgan fingerprint density at radius 2 is 1.57 bits per heavy atom. The molecule has 0 spiro atoms. The van der Waals surface area contributed by atoms with Crippen molar-refractivity contribution in [2.24, 2.45) is 0 Å². The van der Waals surface area contributed by atoms with Crippen molar-refractivity contribution in [3.8, 4) is 5.75 Å². The zero-order valence-electron chi connectivity index (χ0n) is 15.1. The summed E-state index contributed by atoms with van der Waals surface area (Å²) in [5, 5.41) is -0.0277. The van der Waals surface area contributed by atoms with Crippen LogP contribution in [0, 0.1) is 0 Å². The van der Waals surface area contributed by atoms with Gasteiger partial charge in [0.2, 0.25) is 0 Å². The van der Waals surface area contributed by atoms with Gasteiger partial charge >= 0.3 is 0 Å². The molecule has 1 heterocycles. The van der Waals surface area contributed by atoms with Gasteiger partial charge in [0.25, 0.3) is 0 Å². The first-order valence-corrected chi connectivity index (χ1v) is 11.0. The number of benzene rings is 3. The van der Waals surface area contributed by atoms with Gasteiger partial charge in [0, 0.05) is 32.7 Å². The molecule has 3 aromatic carbocycles. The zero-order chi connectivity index (χ0) is 19.7. The SMILES string of the molecule is COc1ccccc1C(c1c[nH]c2ccccc12)S(=O)(=O)c1ccc(Br)cc1. The first-order chi connectivity index (χ1) is 13.5. The first kappa shape index (κ1) is 18.8. The lowest BCUT2D eigenvalue weighted by Gasteiger charge is -2.20. The summed E-state index contributed by atoms with van der Waals surface area (Å²) in [5.41, 5.74) is 2.20. The predicted octanol–water partition coefficient (Wildman–Crippen LogP) is 5.50. The minimum absolute atomic E-state index is 0.261. The van der Waals surface area contributed by atoms with Crippen LogP contribution in [0.2, 0.25) is 0 Å². The molecule has 0 saturated heterocycles. The smallest absolute Gasteiger partial charge is 0.189 e. The molecular formula is C22H18BrNO3S. The van der Waals surface area contributed by atoms with Crippen molar-refractivity contribution in [1.29, 1.82) is 0 Å². The largest absolute Gasteiger partial charge is 0.496 e. The maximum absolute atomic E-state index is 13.8. The standard InChI is InChI=1S/C22H18BrNO3S/c1-27-21-9-5-3-7-18(21)22(19-14-24-20-8-4-2-6-17(19)20)28(25,26)16-12-10-15(23)11-13-16/h2-14,22,24H,1H3. The van der Waals surface area contributed by atoms with Crippen LogP contribution in [0.3, 0.4) is 0 Å². The number of fused-ring (bicyclic) bond motifs is 1. The molecule has 1 unspecified atom stereocenters. The van der Waals surface area contributed by atoms with Crippen LogP contribution >= 0.6 is 15.9 Å². The van der Waals surface area contributed by atoms with E-state index in [4.69, 9.17) is 4.74 Å². The number of methoxy groups -OCH3 is 1. The summed E-state index contributed by atoms with van der Waals surface area (Å²) < 4.78 is 33.9. The quantitative estimate of drug-likeness (QED) is 0.431. The van der Waals surface area contributed by atoms with Crippen molar-refractivity contribution >= 4 is 36.7 Å². The molecule has 0 fully saturated rings. The summed E-state index contributed by atoms with van der Waals surface area (Å²) >= 11 is 3.37. The highest BCUT2D eigenvalue weighted by atomic mass is 79.9. The molecule has 4 nitrogen and oxygen atoms in total. The van der Waals surface area contributed by atoms with Crippen LogP contribution in [0.1, 0.15) is 16.4 Å². The molecule has 1 atom stereocenters. The maximum atomic E-state index is 13.8. The Kier molecular flexibility index (Phi) is 5.00. The van der Waals surface area contributed by atoms with E-state index in [0.29, 0.717) is 16.9 Å². The van der Waals surface area contributed by atoms with Gasteiger partial charge in [0.1, 0.15) is 11.0 Å². The van der Waals surface area contributed by atoms with Crippen LogP contribution in [-0.2, 0) is 9.84 Å². The third-order valence-corrected chi connectivity index (χ3v) is 7.36. The third kappa shape index (κ3) is 3.23. The van der Waals surface area contributed by atoms with E-state index >= 15 is 0 Å². The average Bonchev–Trinajstić information content (AvgIpc) is 3.12. The monoisotopic (exact) mass is 455 g/mol. The van der Waals surface area contributed by atoms with Gasteiger partial charge in [-0.05, 0) is 36.4 Å². The number of halogens is 1. The van der Waals surface area contributed by atoms with Crippen LogP contribution in [-0.4, -0.2) is 20.5 Å². The fourth-order valence-corrected chi connectivity index (χ4v) is 5.57. The average molecular weight is 456 g/mol. The van der Waals surface area contributed by atoms with E-state index in [1.807, 2.05) is 42.5 Å². The Morgan fingerprint density at radius 1 is 0.893 bits per heavy atom. The van der Waals surface area contributed by atoms with E-state index in [9.17, 15) is 8.42 Å². The maximum Gasteiger partial charge on any atom is 0.189 e. The van der Waals surface area contributed by atoms with Gasteiger partial charge in [-0.15, -0.1) is 0 Å². The molecule has 0 aliphatic carbocycles. The number of ether oxygens (including phenoxy) is 1. The normalized spacial score (nSPS) is 12.8. The summed E-state index contributed by atoms with van der Waals surface area (Å²) in [5.74, 6) is 0.540. The molecule has 28 heavy (non-hydrogen) atoms. The molecule has 4 aromatic rings. The number of nitrogens with one attached hydrogen (secondary N) is 1. The minimum atomic E-state index is -3.74. The molecule has 142 valence electrons. The Labute approximate surface area is 172 Å². The van der Waals surface area contributed by atoms with Crippen LogP contribution in [0.5, 0.6) is 5.75 Å². The molecule has 0 saturated carbocycles. The van der Waals surface area contributed by atoms with Gasteiger partial charge in [-0.1, -0.05) is 52.3 Å². The van der Waals surface area contributed by atoms with Gasteiger partial charge < -0.3 is 9.72 Å². The lowest BCUT2D eigenvalue weighted by Crippen LogP contribution is -2.16. The number of rotatable bonds is 5. The molecule has 0 amide bonds. The molecule has 0 aliphatic heterocycles. The summed E-state index contributed by atoms with van der Waals surface area (Å²) in [6.07, 6.45) is 1.78. The van der Waals surface area contributed by atoms with Crippen molar-refractivity contribution in [2.45, 2.75) is 10.1 Å². The lowest BCUT2D eigenvalue weighted by molar-refractivity contribution is 0.409. The number of aromatic nitrogens is 1. The second-order valence-corrected chi connectivity index (χ2v) is 9.36. The van der Waals surface area contributed by atoms with Gasteiger partial charge in [0.05, 0.1) is 12.0 Å². The van der Waals surface area contributed by atoms with Gasteiger partial charge in [0.15, 0.2) is 9.84 Å². The zero-order valence-corrected chi connectivity index (χ0v) is 17.5. The highest BCUT2D eigenvalue weighted by Crippen LogP contribution is 2.42. The first-order valence-electron chi connectivity index (χ1n) is 8.71. The van der Waals surface area contributed by atoms with Gasteiger partial charge in [-0.3, -0.25) is 0 Å². The number of H-pyrrole nitrogens is 1. The van der Waals surface area contributed by atoms with E-state index in [0.717, 1.165) is 15.4 Å². The number of hydrogen-bond acceptors (Lipinski definition) is 3. The molecule has 0 radical (unpaired) electrons. The van der Waals surface area contributed by atoms with E-state index in [-0.39, 0.29) is 4.90 Å². The van der Waals surface area contributed by atoms with E-state index < -0.39 is 15.1 Å². The minimum Gasteiger partial charge on any atom is -0.496 e. The number of aromatic amines is 1. The Balaban J connectivity index is 2.00. The summed E-state index contributed by atoms with van der Waals surface area (Å²) in [6.45, 7) is 0. The second kappa shape index (κ2) is 7.45. The van der Waals surface area contributed by atoms with Gasteiger partial charge in [-0.2, -0.15) is 0 Å². The van der Waals surface area contributed by atoms with E-state index in [2.05, 4.69) is 20.9 Å². The highest BCUT2D eigenvalue weighted by molar-refractivity contribution is 9.10. The van der Waals surface area contributed by atoms with Crippen LogP contribution < -0.4 is 4.74 Å². The van der Waals surface area contributed by atoms with Crippen molar-refractivity contribution in [3.05, 3.63) is 94.6 Å². The number of hydrogen-bond donors (Lipinski definition) is 1. The molecule has 6 heteroatoms. The summed E-state index contributed by atoms with van der Waals surface area (Å²) in [7, 11) is -2.19. The van der Waals surface area contributed by atoms with Crippen molar-refractivity contribution in [1.82, 2.24) is 4.98 Å². The summed E-state index contributed by atoms with van der Waals surface area (Å²) in [4.78, 5) is 3.46. The van der Waals surface area contributed by atoms with Crippen LogP contribution in [0.25, 0.3) is 10.9 Å². The number of sulfone groups is 1. The third-order valence-electron chi connectivity index (χ3n) is 4.78. The topological polar surface area (TPSA) is 59.2 Å². The Hall–Kier alpha value is -2.57. The predicted molar refractivity (Wildman–Crippen MR) is 114 cm³/mol. The molecule has 0 bridgehead atoms. The molecular weight excluding hydrogens is 438 g/mol. The molecule has 4 rings (SSSR count). The molecule has 1 aromatic heterocycles. The molecule has 0 aliphatic rings. The lowest BCUT2D eigenvalue weighted by atomic mass is 10.0.